The summed E-state index contributed by atoms with van der Waals surface area (Å²) < 4.78 is 2.24. The van der Waals surface area contributed by atoms with Crippen LogP contribution in [0.2, 0.25) is 0 Å². The van der Waals surface area contributed by atoms with Gasteiger partial charge in [-0.05, 0) is 12.8 Å². The van der Waals surface area contributed by atoms with Crippen molar-refractivity contribution in [3.8, 4) is 0 Å². The molecule has 0 unspecified atom stereocenters. The van der Waals surface area contributed by atoms with Crippen LogP contribution in [-0.2, 0) is 0 Å². The van der Waals surface area contributed by atoms with Crippen molar-refractivity contribution >= 4 is 11.9 Å². The summed E-state index contributed by atoms with van der Waals surface area (Å²) >= 11 is 1.54. The van der Waals surface area contributed by atoms with Crippen molar-refractivity contribution in [3.63, 3.8) is 0 Å². The Kier molecular flexibility index (Phi) is 3.40. The van der Waals surface area contributed by atoms with Crippen molar-refractivity contribution in [1.29, 1.82) is 0 Å². The van der Waals surface area contributed by atoms with Gasteiger partial charge in [-0.1, -0.05) is 18.4 Å². The summed E-state index contributed by atoms with van der Waals surface area (Å²) in [5.74, 6) is 0.236. The molecule has 0 aromatic rings. The number of hydrogen-bond donors (Lipinski definition) is 1. The molecule has 2 nitrogen and oxygen atoms in total. The third-order valence-corrected chi connectivity index (χ3v) is 2.40. The molecule has 0 bridgehead atoms. The summed E-state index contributed by atoms with van der Waals surface area (Å²) in [6, 6.07) is 0. The fourth-order valence-electron chi connectivity index (χ4n) is 1.08. The predicted octanol–water partition coefficient (Wildman–Crippen LogP) is 1.07. The standard InChI is InChI=1S/C6H13NOS/c8-6-9-7-4-2-1-3-5-7/h8H,1-6H2. The normalized spacial score (nSPS) is 22.3. The molecule has 1 saturated heterocycles. The van der Waals surface area contributed by atoms with E-state index in [1.54, 1.807) is 11.9 Å². The summed E-state index contributed by atoms with van der Waals surface area (Å²) in [6.45, 7) is 2.32. The van der Waals surface area contributed by atoms with Gasteiger partial charge in [0.05, 0.1) is 0 Å². The molecule has 9 heavy (non-hydrogen) atoms. The number of piperidine rings is 1. The quantitative estimate of drug-likeness (QED) is 0.467. The first-order chi connectivity index (χ1) is 4.43. The van der Waals surface area contributed by atoms with Crippen LogP contribution in [0, 0.1) is 0 Å². The maximum atomic E-state index is 8.54. The number of hydrogen-bond acceptors (Lipinski definition) is 3. The minimum Gasteiger partial charge on any atom is -0.384 e. The zero-order chi connectivity index (χ0) is 6.53. The maximum Gasteiger partial charge on any atom is 0.103 e. The van der Waals surface area contributed by atoms with Gasteiger partial charge < -0.3 is 5.11 Å². The van der Waals surface area contributed by atoms with Crippen LogP contribution >= 0.6 is 11.9 Å². The Hall–Kier alpha value is 0.270. The second-order valence-electron chi connectivity index (χ2n) is 2.25. The molecule has 1 rings (SSSR count). The molecule has 3 heteroatoms. The third kappa shape index (κ3) is 2.56. The highest BCUT2D eigenvalue weighted by Gasteiger charge is 2.08. The lowest BCUT2D eigenvalue weighted by Crippen LogP contribution is -2.23. The molecule has 0 aromatic heterocycles. The lowest BCUT2D eigenvalue weighted by atomic mass is 10.2. The Balaban J connectivity index is 2.08. The van der Waals surface area contributed by atoms with E-state index in [0.29, 0.717) is 0 Å². The summed E-state index contributed by atoms with van der Waals surface area (Å²) in [7, 11) is 0. The SMILES string of the molecule is OCSN1CCCCC1. The lowest BCUT2D eigenvalue weighted by Gasteiger charge is -2.23. The van der Waals surface area contributed by atoms with Crippen molar-refractivity contribution < 1.29 is 5.11 Å². The van der Waals surface area contributed by atoms with Gasteiger partial charge in [0.25, 0.3) is 0 Å². The number of aliphatic hydroxyl groups excluding tert-OH is 1. The predicted molar refractivity (Wildman–Crippen MR) is 40.1 cm³/mol. The monoisotopic (exact) mass is 147 g/mol. The zero-order valence-electron chi connectivity index (χ0n) is 5.55. The van der Waals surface area contributed by atoms with Crippen molar-refractivity contribution in [1.82, 2.24) is 4.31 Å². The Morgan fingerprint density at radius 3 is 2.44 bits per heavy atom. The molecule has 54 valence electrons. The summed E-state index contributed by atoms with van der Waals surface area (Å²) in [5, 5.41) is 8.54. The highest BCUT2D eigenvalue weighted by molar-refractivity contribution is 7.96. The first-order valence-corrected chi connectivity index (χ1v) is 4.36. The first kappa shape index (κ1) is 7.38. The minimum atomic E-state index is 0.236. The van der Waals surface area contributed by atoms with Crippen LogP contribution in [0.1, 0.15) is 19.3 Å². The molecule has 0 aliphatic carbocycles. The van der Waals surface area contributed by atoms with E-state index in [2.05, 4.69) is 4.31 Å². The van der Waals surface area contributed by atoms with Gasteiger partial charge in [-0.3, -0.25) is 0 Å². The van der Waals surface area contributed by atoms with E-state index in [0.717, 1.165) is 13.1 Å². The second-order valence-corrected chi connectivity index (χ2v) is 3.28. The highest BCUT2D eigenvalue weighted by atomic mass is 32.2. The molecule has 1 aliphatic heterocycles. The van der Waals surface area contributed by atoms with Gasteiger partial charge in [0.1, 0.15) is 5.94 Å². The average Bonchev–Trinajstić information content (AvgIpc) is 1.91. The van der Waals surface area contributed by atoms with Crippen LogP contribution in [0.5, 0.6) is 0 Å². The maximum absolute atomic E-state index is 8.54. The average molecular weight is 147 g/mol. The minimum absolute atomic E-state index is 0.236. The van der Waals surface area contributed by atoms with E-state index in [-0.39, 0.29) is 5.94 Å². The van der Waals surface area contributed by atoms with Crippen LogP contribution in [0.15, 0.2) is 0 Å². The van der Waals surface area contributed by atoms with Gasteiger partial charge >= 0.3 is 0 Å². The van der Waals surface area contributed by atoms with E-state index >= 15 is 0 Å². The molecule has 0 spiro atoms. The number of rotatable bonds is 2. The van der Waals surface area contributed by atoms with Gasteiger partial charge in [0.2, 0.25) is 0 Å². The van der Waals surface area contributed by atoms with Crippen LogP contribution in [-0.4, -0.2) is 28.4 Å². The highest BCUT2D eigenvalue weighted by Crippen LogP contribution is 2.16. The lowest BCUT2D eigenvalue weighted by molar-refractivity contribution is 0.345. The summed E-state index contributed by atoms with van der Waals surface area (Å²) in [4.78, 5) is 0. The van der Waals surface area contributed by atoms with Crippen LogP contribution < -0.4 is 0 Å². The number of aliphatic hydroxyl groups is 1. The van der Waals surface area contributed by atoms with E-state index in [1.807, 2.05) is 0 Å². The topological polar surface area (TPSA) is 23.5 Å². The fourth-order valence-corrected chi connectivity index (χ4v) is 1.76. The molecule has 0 atom stereocenters. The van der Waals surface area contributed by atoms with Gasteiger partial charge in [-0.2, -0.15) is 0 Å². The van der Waals surface area contributed by atoms with Gasteiger partial charge in [-0.25, -0.2) is 4.31 Å². The zero-order valence-corrected chi connectivity index (χ0v) is 6.36. The van der Waals surface area contributed by atoms with Crippen LogP contribution in [0.4, 0.5) is 0 Å². The van der Waals surface area contributed by atoms with Crippen molar-refractivity contribution in [2.45, 2.75) is 19.3 Å². The molecule has 0 amide bonds. The van der Waals surface area contributed by atoms with Gasteiger partial charge in [-0.15, -0.1) is 0 Å². The number of nitrogens with zero attached hydrogens (tertiary/aromatic N) is 1. The molecule has 0 aromatic carbocycles. The third-order valence-electron chi connectivity index (χ3n) is 1.56. The molecular formula is C6H13NOS. The van der Waals surface area contributed by atoms with Crippen LogP contribution in [0.25, 0.3) is 0 Å². The van der Waals surface area contributed by atoms with Crippen molar-refractivity contribution in [3.05, 3.63) is 0 Å². The molecule has 1 N–H and O–H groups in total. The van der Waals surface area contributed by atoms with Crippen molar-refractivity contribution in [2.75, 3.05) is 19.0 Å². The first-order valence-electron chi connectivity index (χ1n) is 3.42. The Labute approximate surface area is 60.4 Å². The van der Waals surface area contributed by atoms with Crippen molar-refractivity contribution in [2.24, 2.45) is 0 Å². The fraction of sp³-hybridized carbons (Fsp3) is 1.00. The smallest absolute Gasteiger partial charge is 0.103 e. The summed E-state index contributed by atoms with van der Waals surface area (Å²) in [6.07, 6.45) is 3.96. The van der Waals surface area contributed by atoms with E-state index in [9.17, 15) is 0 Å². The summed E-state index contributed by atoms with van der Waals surface area (Å²) in [5.41, 5.74) is 0. The van der Waals surface area contributed by atoms with E-state index < -0.39 is 0 Å². The van der Waals surface area contributed by atoms with E-state index in [1.165, 1.54) is 19.3 Å². The second kappa shape index (κ2) is 4.14. The Morgan fingerprint density at radius 2 is 1.89 bits per heavy atom. The van der Waals surface area contributed by atoms with E-state index in [4.69, 9.17) is 5.11 Å². The molecule has 0 saturated carbocycles. The molecule has 1 fully saturated rings. The molecule has 1 heterocycles. The Bertz CT molecular complexity index is 70.7. The van der Waals surface area contributed by atoms with Gasteiger partial charge in [0, 0.05) is 13.1 Å². The largest absolute Gasteiger partial charge is 0.384 e. The molecular weight excluding hydrogens is 134 g/mol. The van der Waals surface area contributed by atoms with Gasteiger partial charge in [0.15, 0.2) is 0 Å². The van der Waals surface area contributed by atoms with Crippen LogP contribution in [0.3, 0.4) is 0 Å². The molecule has 1 aliphatic rings. The Morgan fingerprint density at radius 1 is 1.22 bits per heavy atom. The molecule has 0 radical (unpaired) electrons.